The molecule has 0 aromatic rings. The van der Waals surface area contributed by atoms with Crippen molar-refractivity contribution in [2.75, 3.05) is 0 Å². The minimum atomic E-state index is 1.12. The quantitative estimate of drug-likeness (QED) is 0.522. The summed E-state index contributed by atoms with van der Waals surface area (Å²) in [5.41, 5.74) is 0. The largest absolute Gasteiger partial charge is 0.0845 e. The highest BCUT2D eigenvalue weighted by Gasteiger charge is 1.90. The van der Waals surface area contributed by atoms with E-state index in [1.165, 1.54) is 44.9 Å². The predicted octanol–water partition coefficient (Wildman–Crippen LogP) is 4.59. The Kier molecular flexibility index (Phi) is 7.10. The van der Waals surface area contributed by atoms with Gasteiger partial charge in [0.1, 0.15) is 0 Å². The van der Waals surface area contributed by atoms with Crippen molar-refractivity contribution < 1.29 is 0 Å². The molecule has 0 heterocycles. The Morgan fingerprint density at radius 1 is 0.714 bits per heavy atom. The lowest BCUT2D eigenvalue weighted by molar-refractivity contribution is 0.598. The first-order valence-corrected chi connectivity index (χ1v) is 5.88. The first-order valence-electron chi connectivity index (χ1n) is 5.88. The van der Waals surface area contributed by atoms with E-state index in [-0.39, 0.29) is 0 Å². The minimum absolute atomic E-state index is 1.12. The summed E-state index contributed by atoms with van der Waals surface area (Å²) in [4.78, 5) is 0. The van der Waals surface area contributed by atoms with Crippen LogP contribution in [0.4, 0.5) is 0 Å². The topological polar surface area (TPSA) is 0 Å². The molecule has 1 aliphatic rings. The molecule has 0 spiro atoms. The van der Waals surface area contributed by atoms with Crippen LogP contribution in [0, 0.1) is 6.08 Å². The first-order chi connectivity index (χ1) is 7.00. The Morgan fingerprint density at radius 3 is 2.43 bits per heavy atom. The molecular weight excluding hydrogens is 168 g/mol. The van der Waals surface area contributed by atoms with Gasteiger partial charge in [-0.3, -0.25) is 0 Å². The summed E-state index contributed by atoms with van der Waals surface area (Å²) in [5, 5.41) is 0. The van der Waals surface area contributed by atoms with Gasteiger partial charge in [-0.2, -0.15) is 0 Å². The molecule has 0 aromatic carbocycles. The maximum absolute atomic E-state index is 3.29. The normalized spacial score (nSPS) is 27.4. The maximum Gasteiger partial charge on any atom is -0.0276 e. The van der Waals surface area contributed by atoms with Gasteiger partial charge >= 0.3 is 0 Å². The Labute approximate surface area is 88.4 Å². The van der Waals surface area contributed by atoms with Gasteiger partial charge in [-0.05, 0) is 31.8 Å². The van der Waals surface area contributed by atoms with E-state index >= 15 is 0 Å². The van der Waals surface area contributed by atoms with E-state index in [0.717, 1.165) is 6.42 Å². The second-order valence-electron chi connectivity index (χ2n) is 3.84. The van der Waals surface area contributed by atoms with Crippen molar-refractivity contribution in [1.82, 2.24) is 0 Å². The summed E-state index contributed by atoms with van der Waals surface area (Å²) >= 11 is 0. The molecule has 0 bridgehead atoms. The smallest absolute Gasteiger partial charge is 0.0276 e. The first kappa shape index (κ1) is 11.3. The zero-order valence-corrected chi connectivity index (χ0v) is 9.04. The van der Waals surface area contributed by atoms with Crippen molar-refractivity contribution in [3.8, 4) is 0 Å². The second-order valence-corrected chi connectivity index (χ2v) is 3.84. The van der Waals surface area contributed by atoms with E-state index in [1.807, 2.05) is 6.08 Å². The molecule has 0 unspecified atom stereocenters. The van der Waals surface area contributed by atoms with Crippen LogP contribution in [0.3, 0.4) is 0 Å². The van der Waals surface area contributed by atoms with Crippen molar-refractivity contribution in [1.29, 1.82) is 0 Å². The minimum Gasteiger partial charge on any atom is -0.0845 e. The number of hydrogen-bond acceptors (Lipinski definition) is 0. The molecule has 0 amide bonds. The molecule has 0 N–H and O–H groups in total. The van der Waals surface area contributed by atoms with Gasteiger partial charge in [-0.1, -0.05) is 56.1 Å². The standard InChI is InChI=1S/C14H21/c1-2-4-6-8-10-12-14-13-11-9-7-5-3-1/h1-5H,6,8-14H2/b3-1-,4-2+,7-5?. The lowest BCUT2D eigenvalue weighted by atomic mass is 10.1. The van der Waals surface area contributed by atoms with Crippen molar-refractivity contribution in [2.24, 2.45) is 0 Å². The van der Waals surface area contributed by atoms with Crippen LogP contribution in [0.5, 0.6) is 0 Å². The van der Waals surface area contributed by atoms with Crippen molar-refractivity contribution in [3.05, 3.63) is 36.5 Å². The van der Waals surface area contributed by atoms with Gasteiger partial charge in [0.25, 0.3) is 0 Å². The van der Waals surface area contributed by atoms with Crippen molar-refractivity contribution in [2.45, 2.75) is 51.4 Å². The summed E-state index contributed by atoms with van der Waals surface area (Å²) in [5.74, 6) is 0. The van der Waals surface area contributed by atoms with Crippen LogP contribution in [0.2, 0.25) is 0 Å². The highest BCUT2D eigenvalue weighted by atomic mass is 14.0. The van der Waals surface area contributed by atoms with Crippen LogP contribution in [-0.2, 0) is 0 Å². The summed E-state index contributed by atoms with van der Waals surface area (Å²) in [7, 11) is 0. The zero-order chi connectivity index (χ0) is 9.90. The van der Waals surface area contributed by atoms with Gasteiger partial charge in [0, 0.05) is 0 Å². The van der Waals surface area contributed by atoms with Gasteiger partial charge in [0.05, 0.1) is 0 Å². The second kappa shape index (κ2) is 8.80. The fourth-order valence-electron chi connectivity index (χ4n) is 1.64. The van der Waals surface area contributed by atoms with E-state index in [1.54, 1.807) is 0 Å². The maximum atomic E-state index is 3.29. The molecule has 0 aliphatic heterocycles. The van der Waals surface area contributed by atoms with Gasteiger partial charge in [0.15, 0.2) is 0 Å². The average molecular weight is 189 g/mol. The molecule has 0 saturated carbocycles. The van der Waals surface area contributed by atoms with Crippen molar-refractivity contribution in [3.63, 3.8) is 0 Å². The summed E-state index contributed by atoms with van der Waals surface area (Å²) < 4.78 is 0. The molecule has 14 heavy (non-hydrogen) atoms. The SMILES string of the molecule is [C]1=C/C=C\C=C\CCCCCCCC/1. The molecule has 0 aromatic heterocycles. The van der Waals surface area contributed by atoms with E-state index in [0.29, 0.717) is 0 Å². The molecule has 77 valence electrons. The van der Waals surface area contributed by atoms with Crippen LogP contribution in [0.25, 0.3) is 0 Å². The van der Waals surface area contributed by atoms with Crippen LogP contribution in [0.1, 0.15) is 51.4 Å². The lowest BCUT2D eigenvalue weighted by Gasteiger charge is -1.99. The van der Waals surface area contributed by atoms with Gasteiger partial charge in [-0.15, -0.1) is 0 Å². The monoisotopic (exact) mass is 189 g/mol. The molecule has 0 fully saturated rings. The van der Waals surface area contributed by atoms with E-state index in [4.69, 9.17) is 0 Å². The third-order valence-corrected chi connectivity index (χ3v) is 2.51. The third-order valence-electron chi connectivity index (χ3n) is 2.51. The highest BCUT2D eigenvalue weighted by molar-refractivity contribution is 5.09. The van der Waals surface area contributed by atoms with Crippen LogP contribution >= 0.6 is 0 Å². The molecule has 0 heteroatoms. The molecule has 0 saturated heterocycles. The molecule has 0 nitrogen and oxygen atoms in total. The Morgan fingerprint density at radius 2 is 1.50 bits per heavy atom. The highest BCUT2D eigenvalue weighted by Crippen LogP contribution is 2.09. The Hall–Kier alpha value is -0.780. The van der Waals surface area contributed by atoms with E-state index in [2.05, 4.69) is 30.4 Å². The van der Waals surface area contributed by atoms with Crippen LogP contribution in [-0.4, -0.2) is 0 Å². The Balaban J connectivity index is 2.27. The number of allylic oxidation sites excluding steroid dienone is 6. The molecular formula is C14H21. The van der Waals surface area contributed by atoms with Gasteiger partial charge in [0.2, 0.25) is 0 Å². The number of hydrogen-bond donors (Lipinski definition) is 0. The Bertz CT molecular complexity index is 174. The average Bonchev–Trinajstić information content (AvgIpc) is 2.22. The third kappa shape index (κ3) is 6.71. The molecule has 0 atom stereocenters. The summed E-state index contributed by atoms with van der Waals surface area (Å²) in [6.45, 7) is 0. The molecule has 1 rings (SSSR count). The van der Waals surface area contributed by atoms with Crippen molar-refractivity contribution >= 4 is 0 Å². The van der Waals surface area contributed by atoms with Crippen LogP contribution < -0.4 is 0 Å². The fourth-order valence-corrected chi connectivity index (χ4v) is 1.64. The van der Waals surface area contributed by atoms with E-state index < -0.39 is 0 Å². The molecule has 1 aliphatic carbocycles. The summed E-state index contributed by atoms with van der Waals surface area (Å²) in [6, 6.07) is 0. The van der Waals surface area contributed by atoms with Gasteiger partial charge < -0.3 is 0 Å². The lowest BCUT2D eigenvalue weighted by Crippen LogP contribution is -1.79. The zero-order valence-electron chi connectivity index (χ0n) is 9.04. The van der Waals surface area contributed by atoms with E-state index in [9.17, 15) is 0 Å². The van der Waals surface area contributed by atoms with Gasteiger partial charge in [-0.25, -0.2) is 0 Å². The number of rotatable bonds is 0. The summed E-state index contributed by atoms with van der Waals surface area (Å²) in [6.07, 6.45) is 24.5. The predicted molar refractivity (Wildman–Crippen MR) is 63.0 cm³/mol. The van der Waals surface area contributed by atoms with Crippen LogP contribution in [0.15, 0.2) is 30.4 Å². The fraction of sp³-hybridized carbons (Fsp3) is 0.571. The molecule has 1 radical (unpaired) electrons.